The smallest absolute Gasteiger partial charge is 0.229 e. The van der Waals surface area contributed by atoms with Crippen LogP contribution in [-0.4, -0.2) is 41.5 Å². The number of aromatic amines is 1. The summed E-state index contributed by atoms with van der Waals surface area (Å²) in [6.45, 7) is 1.55. The fourth-order valence-electron chi connectivity index (χ4n) is 3.66. The number of hydrogen-bond acceptors (Lipinski definition) is 8. The molecule has 4 aromatic rings. The Kier molecular flexibility index (Phi) is 4.01. The standard InChI is InChI=1S/C19H18FN9S/c20-11-7-21-18(22-8-11)25-19-24-16-14-9-23-26-17(14)28(5-4-15(16)30-19)10-12-3-6-29(27-12)13-1-2-13/h3,6-9,13H,1-2,4-5,10H2,(H,23,26)(H,21,22,24,25). The van der Waals surface area contributed by atoms with Crippen molar-refractivity contribution in [1.29, 1.82) is 0 Å². The van der Waals surface area contributed by atoms with Crippen LogP contribution in [0.25, 0.3) is 11.3 Å². The van der Waals surface area contributed by atoms with E-state index in [0.717, 1.165) is 59.6 Å². The molecular weight excluding hydrogens is 405 g/mol. The van der Waals surface area contributed by atoms with Gasteiger partial charge in [0.1, 0.15) is 5.82 Å². The first kappa shape index (κ1) is 17.5. The Morgan fingerprint density at radius 1 is 1.23 bits per heavy atom. The highest BCUT2D eigenvalue weighted by Crippen LogP contribution is 2.39. The maximum Gasteiger partial charge on any atom is 0.229 e. The van der Waals surface area contributed by atoms with Gasteiger partial charge in [-0.1, -0.05) is 0 Å². The molecule has 30 heavy (non-hydrogen) atoms. The van der Waals surface area contributed by atoms with Gasteiger partial charge >= 0.3 is 0 Å². The molecule has 0 saturated heterocycles. The van der Waals surface area contributed by atoms with Crippen molar-refractivity contribution in [1.82, 2.24) is 34.9 Å². The van der Waals surface area contributed by atoms with Crippen molar-refractivity contribution in [3.05, 3.63) is 47.2 Å². The topological polar surface area (TPSA) is 100 Å². The number of nitrogens with zero attached hydrogens (tertiary/aromatic N) is 7. The first-order valence-electron chi connectivity index (χ1n) is 9.80. The number of hydrogen-bond donors (Lipinski definition) is 2. The first-order chi connectivity index (χ1) is 14.7. The SMILES string of the molecule is Fc1cnc(Nc2nc3c(s2)CCN(Cc2ccn(C4CC4)n2)c2[nH]ncc2-3)nc1. The predicted molar refractivity (Wildman–Crippen MR) is 110 cm³/mol. The summed E-state index contributed by atoms with van der Waals surface area (Å²) in [5.41, 5.74) is 2.92. The van der Waals surface area contributed by atoms with Crippen LogP contribution in [0.15, 0.2) is 30.9 Å². The molecule has 1 fully saturated rings. The van der Waals surface area contributed by atoms with Gasteiger partial charge in [-0.25, -0.2) is 19.3 Å². The monoisotopic (exact) mass is 423 g/mol. The normalized spacial score (nSPS) is 15.6. The number of anilines is 3. The van der Waals surface area contributed by atoms with Crippen molar-refractivity contribution >= 4 is 28.2 Å². The Balaban J connectivity index is 1.26. The van der Waals surface area contributed by atoms with Crippen molar-refractivity contribution in [2.75, 3.05) is 16.8 Å². The van der Waals surface area contributed by atoms with E-state index >= 15 is 0 Å². The average Bonchev–Trinajstić information content (AvgIpc) is 3.16. The lowest BCUT2D eigenvalue weighted by Gasteiger charge is -2.21. The average molecular weight is 423 g/mol. The molecule has 1 aliphatic heterocycles. The first-order valence-corrected chi connectivity index (χ1v) is 10.6. The number of halogens is 1. The summed E-state index contributed by atoms with van der Waals surface area (Å²) >= 11 is 1.56. The molecule has 0 aromatic carbocycles. The molecule has 2 aliphatic rings. The zero-order chi connectivity index (χ0) is 20.1. The Morgan fingerprint density at radius 3 is 2.93 bits per heavy atom. The van der Waals surface area contributed by atoms with Crippen LogP contribution in [0.4, 0.5) is 21.3 Å². The van der Waals surface area contributed by atoms with E-state index in [1.807, 2.05) is 6.20 Å². The Hall–Kier alpha value is -3.34. The lowest BCUT2D eigenvalue weighted by molar-refractivity contribution is 0.614. The maximum absolute atomic E-state index is 13.0. The van der Waals surface area contributed by atoms with E-state index in [4.69, 9.17) is 10.1 Å². The summed E-state index contributed by atoms with van der Waals surface area (Å²) in [6, 6.07) is 2.68. The minimum Gasteiger partial charge on any atom is -0.350 e. The molecule has 0 bridgehead atoms. The van der Waals surface area contributed by atoms with Gasteiger partial charge in [-0.05, 0) is 18.9 Å². The molecule has 0 radical (unpaired) electrons. The van der Waals surface area contributed by atoms with Crippen molar-refractivity contribution in [2.24, 2.45) is 0 Å². The Morgan fingerprint density at radius 2 is 2.10 bits per heavy atom. The van der Waals surface area contributed by atoms with Gasteiger partial charge in [-0.15, -0.1) is 11.3 Å². The maximum atomic E-state index is 13.0. The molecule has 1 aliphatic carbocycles. The summed E-state index contributed by atoms with van der Waals surface area (Å²) in [5, 5.41) is 15.9. The molecule has 0 amide bonds. The van der Waals surface area contributed by atoms with Gasteiger partial charge in [0, 0.05) is 24.0 Å². The molecular formula is C19H18FN9S. The number of nitrogens with one attached hydrogen (secondary N) is 2. The van der Waals surface area contributed by atoms with Crippen LogP contribution in [0.1, 0.15) is 29.5 Å². The van der Waals surface area contributed by atoms with Gasteiger partial charge in [0.05, 0.1) is 48.1 Å². The second kappa shape index (κ2) is 6.87. The fraction of sp³-hybridized carbons (Fsp3) is 0.316. The number of aromatic nitrogens is 7. The third kappa shape index (κ3) is 3.20. The second-order valence-electron chi connectivity index (χ2n) is 7.46. The van der Waals surface area contributed by atoms with Gasteiger partial charge in [0.15, 0.2) is 10.9 Å². The molecule has 0 unspecified atom stereocenters. The van der Waals surface area contributed by atoms with Gasteiger partial charge in [-0.2, -0.15) is 10.2 Å². The highest BCUT2D eigenvalue weighted by atomic mass is 32.1. The summed E-state index contributed by atoms with van der Waals surface area (Å²) in [4.78, 5) is 16.1. The molecule has 9 nitrogen and oxygen atoms in total. The minimum atomic E-state index is -0.472. The molecule has 6 rings (SSSR count). The van der Waals surface area contributed by atoms with Crippen LogP contribution in [0, 0.1) is 5.82 Å². The van der Waals surface area contributed by atoms with E-state index in [9.17, 15) is 4.39 Å². The largest absolute Gasteiger partial charge is 0.350 e. The Labute approximate surface area is 175 Å². The van der Waals surface area contributed by atoms with Gasteiger partial charge in [0.25, 0.3) is 0 Å². The van der Waals surface area contributed by atoms with E-state index in [1.165, 1.54) is 12.8 Å². The van der Waals surface area contributed by atoms with Crippen molar-refractivity contribution in [2.45, 2.75) is 31.8 Å². The summed E-state index contributed by atoms with van der Waals surface area (Å²) in [6.07, 6.45) is 9.45. The van der Waals surface area contributed by atoms with Crippen LogP contribution in [0.2, 0.25) is 0 Å². The molecule has 0 atom stereocenters. The minimum absolute atomic E-state index is 0.320. The molecule has 2 N–H and O–H groups in total. The van der Waals surface area contributed by atoms with Crippen LogP contribution < -0.4 is 10.2 Å². The number of fused-ring (bicyclic) bond motifs is 3. The summed E-state index contributed by atoms with van der Waals surface area (Å²) in [5.74, 6) is 0.797. The van der Waals surface area contributed by atoms with Crippen LogP contribution in [0.3, 0.4) is 0 Å². The van der Waals surface area contributed by atoms with Gasteiger partial charge in [0.2, 0.25) is 5.95 Å². The molecule has 152 valence electrons. The molecule has 11 heteroatoms. The highest BCUT2D eigenvalue weighted by Gasteiger charge is 2.27. The number of H-pyrrole nitrogens is 1. The second-order valence-corrected chi connectivity index (χ2v) is 8.55. The number of rotatable bonds is 5. The molecule has 0 spiro atoms. The van der Waals surface area contributed by atoms with Crippen LogP contribution >= 0.6 is 11.3 Å². The van der Waals surface area contributed by atoms with Crippen molar-refractivity contribution < 1.29 is 4.39 Å². The van der Waals surface area contributed by atoms with E-state index < -0.39 is 5.82 Å². The van der Waals surface area contributed by atoms with Crippen molar-refractivity contribution in [3.8, 4) is 11.3 Å². The number of thiazole rings is 1. The highest BCUT2D eigenvalue weighted by molar-refractivity contribution is 7.16. The lowest BCUT2D eigenvalue weighted by Crippen LogP contribution is -2.25. The Bertz CT molecular complexity index is 1190. The third-order valence-electron chi connectivity index (χ3n) is 5.27. The predicted octanol–water partition coefficient (Wildman–Crippen LogP) is 3.30. The van der Waals surface area contributed by atoms with E-state index in [2.05, 4.69) is 47.3 Å². The molecule has 1 saturated carbocycles. The van der Waals surface area contributed by atoms with E-state index in [1.54, 1.807) is 11.3 Å². The quantitative estimate of drug-likeness (QED) is 0.508. The zero-order valence-corrected chi connectivity index (χ0v) is 16.7. The zero-order valence-electron chi connectivity index (χ0n) is 15.9. The van der Waals surface area contributed by atoms with Crippen LogP contribution in [-0.2, 0) is 13.0 Å². The fourth-order valence-corrected chi connectivity index (χ4v) is 4.62. The lowest BCUT2D eigenvalue weighted by atomic mass is 10.2. The summed E-state index contributed by atoms with van der Waals surface area (Å²) < 4.78 is 15.1. The third-order valence-corrected chi connectivity index (χ3v) is 6.30. The van der Waals surface area contributed by atoms with E-state index in [0.29, 0.717) is 17.1 Å². The van der Waals surface area contributed by atoms with E-state index in [-0.39, 0.29) is 0 Å². The van der Waals surface area contributed by atoms with Gasteiger partial charge < -0.3 is 10.2 Å². The van der Waals surface area contributed by atoms with Gasteiger partial charge in [-0.3, -0.25) is 9.78 Å². The molecule has 4 aromatic heterocycles. The summed E-state index contributed by atoms with van der Waals surface area (Å²) in [7, 11) is 0. The van der Waals surface area contributed by atoms with Crippen LogP contribution in [0.5, 0.6) is 0 Å². The van der Waals surface area contributed by atoms with Crippen molar-refractivity contribution in [3.63, 3.8) is 0 Å². The molecule has 5 heterocycles.